The molecule has 31 heavy (non-hydrogen) atoms. The number of nitrogens with zero attached hydrogens (tertiary/aromatic N) is 4. The average molecular weight is 428 g/mol. The molecule has 3 rings (SSSR count). The van der Waals surface area contributed by atoms with Gasteiger partial charge in [0.05, 0.1) is 17.0 Å². The minimum atomic E-state index is -3.20. The van der Waals surface area contributed by atoms with Crippen LogP contribution in [-0.4, -0.2) is 30.9 Å². The molecule has 0 saturated heterocycles. The van der Waals surface area contributed by atoms with E-state index < -0.39 is 17.3 Å². The lowest BCUT2D eigenvalue weighted by Crippen LogP contribution is -2.15. The fourth-order valence-corrected chi connectivity index (χ4v) is 2.70. The molecule has 0 aliphatic carbocycles. The van der Waals surface area contributed by atoms with E-state index in [1.165, 1.54) is 25.4 Å². The molecule has 1 amide bonds. The van der Waals surface area contributed by atoms with Crippen LogP contribution in [0.2, 0.25) is 0 Å². The maximum absolute atomic E-state index is 13.6. The second kappa shape index (κ2) is 8.31. The van der Waals surface area contributed by atoms with Crippen molar-refractivity contribution in [2.24, 2.45) is 0 Å². The molecule has 10 heteroatoms. The Morgan fingerprint density at radius 1 is 1.03 bits per heavy atom. The Hall–Kier alpha value is -3.53. The summed E-state index contributed by atoms with van der Waals surface area (Å²) in [6.45, 7) is 5.36. The first kappa shape index (κ1) is 22.2. The van der Waals surface area contributed by atoms with Crippen LogP contribution in [-0.2, 0) is 16.3 Å². The molecule has 8 nitrogen and oxygen atoms in total. The maximum atomic E-state index is 13.6. The van der Waals surface area contributed by atoms with Crippen LogP contribution in [0.3, 0.4) is 0 Å². The van der Waals surface area contributed by atoms with Crippen LogP contribution in [0.25, 0.3) is 11.3 Å². The van der Waals surface area contributed by atoms with Crippen molar-refractivity contribution in [1.82, 2.24) is 19.9 Å². The predicted octanol–water partition coefficient (Wildman–Crippen LogP) is 3.97. The van der Waals surface area contributed by atoms with E-state index in [1.807, 2.05) is 0 Å². The third kappa shape index (κ3) is 5.54. The molecule has 3 aromatic heterocycles. The Kier molecular flexibility index (Phi) is 5.94. The number of alkyl halides is 2. The van der Waals surface area contributed by atoms with Gasteiger partial charge in [-0.05, 0) is 26.0 Å². The fraction of sp³-hybridized carbons (Fsp3) is 0.286. The summed E-state index contributed by atoms with van der Waals surface area (Å²) in [7, 11) is 0. The van der Waals surface area contributed by atoms with E-state index >= 15 is 0 Å². The molecule has 0 atom stereocenters. The monoisotopic (exact) mass is 428 g/mol. The second-order valence-electron chi connectivity index (χ2n) is 7.57. The number of halogens is 2. The Morgan fingerprint density at radius 3 is 2.35 bits per heavy atom. The van der Waals surface area contributed by atoms with Crippen LogP contribution in [0.1, 0.15) is 39.1 Å². The SMILES string of the molecule is CC(=O)Nc1cc(Nc2ccnc(C(C)(F)F)n2)c(-c2ccc(C(C)(C)O)cn2)cn1. The van der Waals surface area contributed by atoms with E-state index in [-0.39, 0.29) is 17.5 Å². The summed E-state index contributed by atoms with van der Waals surface area (Å²) < 4.78 is 27.2. The number of nitrogens with one attached hydrogen (secondary N) is 2. The maximum Gasteiger partial charge on any atom is 0.303 e. The molecule has 0 aliphatic rings. The summed E-state index contributed by atoms with van der Waals surface area (Å²) in [4.78, 5) is 27.5. The van der Waals surface area contributed by atoms with Crippen molar-refractivity contribution in [3.8, 4) is 11.3 Å². The molecule has 0 saturated carbocycles. The van der Waals surface area contributed by atoms with Gasteiger partial charge in [-0.3, -0.25) is 9.78 Å². The molecular formula is C21H22F2N6O2. The average Bonchev–Trinajstić information content (AvgIpc) is 2.67. The van der Waals surface area contributed by atoms with Gasteiger partial charge in [-0.1, -0.05) is 6.07 Å². The smallest absolute Gasteiger partial charge is 0.303 e. The number of aliphatic hydroxyl groups is 1. The number of hydrogen-bond donors (Lipinski definition) is 3. The molecule has 162 valence electrons. The predicted molar refractivity (Wildman–Crippen MR) is 112 cm³/mol. The highest BCUT2D eigenvalue weighted by Gasteiger charge is 2.28. The summed E-state index contributed by atoms with van der Waals surface area (Å²) in [6, 6.07) is 6.43. The Bertz CT molecular complexity index is 1090. The highest BCUT2D eigenvalue weighted by atomic mass is 19.3. The molecule has 0 radical (unpaired) electrons. The van der Waals surface area contributed by atoms with Gasteiger partial charge in [-0.25, -0.2) is 15.0 Å². The third-order valence-electron chi connectivity index (χ3n) is 4.26. The van der Waals surface area contributed by atoms with Crippen molar-refractivity contribution in [2.75, 3.05) is 10.6 Å². The quantitative estimate of drug-likeness (QED) is 0.544. The zero-order chi connectivity index (χ0) is 22.8. The molecule has 0 aromatic carbocycles. The van der Waals surface area contributed by atoms with Gasteiger partial charge in [0.25, 0.3) is 0 Å². The van der Waals surface area contributed by atoms with E-state index in [9.17, 15) is 18.7 Å². The van der Waals surface area contributed by atoms with E-state index in [2.05, 4.69) is 30.6 Å². The minimum Gasteiger partial charge on any atom is -0.386 e. The van der Waals surface area contributed by atoms with Crippen molar-refractivity contribution in [1.29, 1.82) is 0 Å². The van der Waals surface area contributed by atoms with E-state index in [0.717, 1.165) is 0 Å². The van der Waals surface area contributed by atoms with Crippen molar-refractivity contribution >= 4 is 23.2 Å². The Balaban J connectivity index is 2.03. The number of aromatic nitrogens is 4. The standard InChI is InChI=1S/C21H22F2N6O2/c1-12(30)27-18-9-16(28-17-7-8-24-19(29-17)21(4,22)23)14(11-26-18)15-6-5-13(10-25-15)20(2,3)31/h5-11,31H,1-4H3,(H2,24,26,27,28,29,30). The Labute approximate surface area is 177 Å². The van der Waals surface area contributed by atoms with E-state index in [0.29, 0.717) is 29.4 Å². The van der Waals surface area contributed by atoms with Crippen molar-refractivity contribution in [3.63, 3.8) is 0 Å². The van der Waals surface area contributed by atoms with Gasteiger partial charge in [-0.15, -0.1) is 0 Å². The van der Waals surface area contributed by atoms with Crippen molar-refractivity contribution in [3.05, 3.63) is 54.2 Å². The van der Waals surface area contributed by atoms with Gasteiger partial charge in [0.15, 0.2) is 0 Å². The number of hydrogen-bond acceptors (Lipinski definition) is 7. The van der Waals surface area contributed by atoms with Crippen LogP contribution >= 0.6 is 0 Å². The van der Waals surface area contributed by atoms with Crippen LogP contribution in [0.15, 0.2) is 42.9 Å². The lowest BCUT2D eigenvalue weighted by molar-refractivity contribution is -0.114. The first-order valence-electron chi connectivity index (χ1n) is 9.39. The highest BCUT2D eigenvalue weighted by molar-refractivity contribution is 5.89. The number of carbonyl (C=O) groups is 1. The lowest BCUT2D eigenvalue weighted by atomic mass is 9.99. The highest BCUT2D eigenvalue weighted by Crippen LogP contribution is 2.32. The van der Waals surface area contributed by atoms with Crippen LogP contribution < -0.4 is 10.6 Å². The number of amides is 1. The summed E-state index contributed by atoms with van der Waals surface area (Å²) in [5.41, 5.74) is 1.07. The van der Waals surface area contributed by atoms with E-state index in [1.54, 1.807) is 38.2 Å². The summed E-state index contributed by atoms with van der Waals surface area (Å²) in [5.74, 6) is -3.73. The molecule has 0 bridgehead atoms. The minimum absolute atomic E-state index is 0.140. The van der Waals surface area contributed by atoms with Gasteiger partial charge in [0.2, 0.25) is 11.7 Å². The molecule has 0 unspecified atom stereocenters. The van der Waals surface area contributed by atoms with Crippen LogP contribution in [0, 0.1) is 0 Å². The van der Waals surface area contributed by atoms with Crippen molar-refractivity contribution < 1.29 is 18.7 Å². The lowest BCUT2D eigenvalue weighted by Gasteiger charge is -2.18. The molecule has 0 spiro atoms. The van der Waals surface area contributed by atoms with E-state index in [4.69, 9.17) is 0 Å². The Morgan fingerprint density at radius 2 is 1.77 bits per heavy atom. The number of rotatable bonds is 6. The zero-order valence-electron chi connectivity index (χ0n) is 17.4. The van der Waals surface area contributed by atoms with Crippen LogP contribution in [0.4, 0.5) is 26.1 Å². The number of pyridine rings is 2. The van der Waals surface area contributed by atoms with Gasteiger partial charge in [-0.2, -0.15) is 8.78 Å². The van der Waals surface area contributed by atoms with Gasteiger partial charge in [0.1, 0.15) is 11.6 Å². The molecule has 3 heterocycles. The van der Waals surface area contributed by atoms with Crippen molar-refractivity contribution in [2.45, 2.75) is 39.2 Å². The summed E-state index contributed by atoms with van der Waals surface area (Å²) in [6.07, 6.45) is 4.27. The molecule has 0 fully saturated rings. The third-order valence-corrected chi connectivity index (χ3v) is 4.26. The number of carbonyl (C=O) groups excluding carboxylic acids is 1. The molecule has 3 N–H and O–H groups in total. The molecular weight excluding hydrogens is 406 g/mol. The first-order chi connectivity index (χ1) is 14.4. The van der Waals surface area contributed by atoms with Gasteiger partial charge in [0, 0.05) is 49.6 Å². The first-order valence-corrected chi connectivity index (χ1v) is 9.39. The molecule has 0 aliphatic heterocycles. The summed E-state index contributed by atoms with van der Waals surface area (Å²) >= 11 is 0. The zero-order valence-corrected chi connectivity index (χ0v) is 17.4. The topological polar surface area (TPSA) is 113 Å². The van der Waals surface area contributed by atoms with Gasteiger partial charge >= 0.3 is 5.92 Å². The largest absolute Gasteiger partial charge is 0.386 e. The molecule has 3 aromatic rings. The second-order valence-corrected chi connectivity index (χ2v) is 7.57. The summed E-state index contributed by atoms with van der Waals surface area (Å²) in [5, 5.41) is 15.7. The number of anilines is 3. The fourth-order valence-electron chi connectivity index (χ4n) is 2.70. The van der Waals surface area contributed by atoms with Gasteiger partial charge < -0.3 is 15.7 Å². The van der Waals surface area contributed by atoms with Crippen LogP contribution in [0.5, 0.6) is 0 Å². The normalized spacial score (nSPS) is 11.8.